The third-order valence-corrected chi connectivity index (χ3v) is 3.64. The summed E-state index contributed by atoms with van der Waals surface area (Å²) in [4.78, 5) is 3.48. The van der Waals surface area contributed by atoms with Gasteiger partial charge in [0.05, 0.1) is 22.3 Å². The Morgan fingerprint density at radius 2 is 2.00 bits per heavy atom. The molecule has 0 radical (unpaired) electrons. The summed E-state index contributed by atoms with van der Waals surface area (Å²) < 4.78 is 40.8. The number of nitrogens with zero attached hydrogens (tertiary/aromatic N) is 2. The maximum absolute atomic E-state index is 13.1. The number of anilines is 2. The Hall–Kier alpha value is -2.41. The highest BCUT2D eigenvalue weighted by Gasteiger charge is 2.34. The van der Waals surface area contributed by atoms with E-state index in [1.807, 2.05) is 0 Å². The van der Waals surface area contributed by atoms with Crippen LogP contribution in [0.5, 0.6) is 5.88 Å². The predicted molar refractivity (Wildman–Crippen MR) is 82.1 cm³/mol. The number of aromatic hydroxyl groups is 1. The van der Waals surface area contributed by atoms with Crippen molar-refractivity contribution < 1.29 is 18.3 Å². The smallest absolute Gasteiger partial charge is 0.419 e. The van der Waals surface area contributed by atoms with Crippen LogP contribution in [0.3, 0.4) is 0 Å². The number of nitrogens with one attached hydrogen (secondary N) is 1. The SMILES string of the molecule is Cn1cc2cccc(Nc3cc(Cl)ncc3C(F)(F)F)c2c1O. The van der Waals surface area contributed by atoms with Crippen LogP contribution in [0.25, 0.3) is 10.8 Å². The molecule has 2 N–H and O–H groups in total. The van der Waals surface area contributed by atoms with Gasteiger partial charge in [0, 0.05) is 24.8 Å². The normalized spacial score (nSPS) is 11.9. The molecule has 0 atom stereocenters. The Morgan fingerprint density at radius 3 is 2.70 bits per heavy atom. The summed E-state index contributed by atoms with van der Waals surface area (Å²) in [5.74, 6) is -0.0446. The van der Waals surface area contributed by atoms with Gasteiger partial charge >= 0.3 is 6.18 Å². The number of rotatable bonds is 2. The topological polar surface area (TPSA) is 50.1 Å². The van der Waals surface area contributed by atoms with E-state index in [0.29, 0.717) is 22.7 Å². The molecular formula is C15H11ClF3N3O. The highest BCUT2D eigenvalue weighted by molar-refractivity contribution is 6.29. The molecule has 1 aromatic carbocycles. The summed E-state index contributed by atoms with van der Waals surface area (Å²) in [6.07, 6.45) is -2.22. The van der Waals surface area contributed by atoms with Gasteiger partial charge in [0.15, 0.2) is 0 Å². The molecule has 2 aromatic heterocycles. The quantitative estimate of drug-likeness (QED) is 0.664. The Bertz CT molecular complexity index is 890. The number of hydrogen-bond donors (Lipinski definition) is 2. The van der Waals surface area contributed by atoms with E-state index in [4.69, 9.17) is 11.6 Å². The highest BCUT2D eigenvalue weighted by Crippen LogP contribution is 2.39. The Kier molecular flexibility index (Phi) is 3.60. The summed E-state index contributed by atoms with van der Waals surface area (Å²) in [6.45, 7) is 0. The lowest BCUT2D eigenvalue weighted by molar-refractivity contribution is -0.137. The number of benzene rings is 1. The molecule has 0 saturated heterocycles. The summed E-state index contributed by atoms with van der Waals surface area (Å²) in [5.41, 5.74) is -0.823. The fourth-order valence-corrected chi connectivity index (χ4v) is 2.54. The van der Waals surface area contributed by atoms with Crippen LogP contribution in [0.4, 0.5) is 24.5 Å². The highest BCUT2D eigenvalue weighted by atomic mass is 35.5. The van der Waals surface area contributed by atoms with Crippen LogP contribution in [0.2, 0.25) is 5.15 Å². The zero-order valence-corrected chi connectivity index (χ0v) is 12.6. The number of fused-ring (bicyclic) bond motifs is 1. The van der Waals surface area contributed by atoms with Crippen LogP contribution in [0.15, 0.2) is 36.7 Å². The van der Waals surface area contributed by atoms with Gasteiger partial charge < -0.3 is 15.0 Å². The number of pyridine rings is 1. The van der Waals surface area contributed by atoms with Crippen molar-refractivity contribution >= 4 is 33.7 Å². The molecule has 0 aliphatic rings. The van der Waals surface area contributed by atoms with Gasteiger partial charge in [-0.05, 0) is 12.1 Å². The molecule has 0 saturated carbocycles. The Labute approximate surface area is 134 Å². The first-order valence-corrected chi connectivity index (χ1v) is 6.92. The Balaban J connectivity index is 2.15. The maximum atomic E-state index is 13.1. The minimum atomic E-state index is -4.58. The van der Waals surface area contributed by atoms with E-state index in [2.05, 4.69) is 10.3 Å². The largest absolute Gasteiger partial charge is 0.494 e. The zero-order valence-electron chi connectivity index (χ0n) is 11.8. The van der Waals surface area contributed by atoms with Crippen molar-refractivity contribution in [2.24, 2.45) is 7.05 Å². The number of aromatic nitrogens is 2. The molecular weight excluding hydrogens is 331 g/mol. The molecule has 0 spiro atoms. The van der Waals surface area contributed by atoms with Crippen LogP contribution in [-0.2, 0) is 13.2 Å². The van der Waals surface area contributed by atoms with E-state index >= 15 is 0 Å². The van der Waals surface area contributed by atoms with Gasteiger partial charge in [0.25, 0.3) is 0 Å². The molecule has 8 heteroatoms. The van der Waals surface area contributed by atoms with Gasteiger partial charge in [-0.3, -0.25) is 0 Å². The monoisotopic (exact) mass is 341 g/mol. The third kappa shape index (κ3) is 2.79. The first kappa shape index (κ1) is 15.5. The van der Waals surface area contributed by atoms with Crippen molar-refractivity contribution in [3.63, 3.8) is 0 Å². The van der Waals surface area contributed by atoms with Crippen LogP contribution < -0.4 is 5.32 Å². The van der Waals surface area contributed by atoms with Crippen molar-refractivity contribution in [3.05, 3.63) is 47.4 Å². The zero-order chi connectivity index (χ0) is 16.8. The number of alkyl halides is 3. The molecule has 120 valence electrons. The van der Waals surface area contributed by atoms with Crippen LogP contribution in [-0.4, -0.2) is 14.7 Å². The van der Waals surface area contributed by atoms with E-state index in [9.17, 15) is 18.3 Å². The lowest BCUT2D eigenvalue weighted by Gasteiger charge is -2.15. The molecule has 3 aromatic rings. The molecule has 0 aliphatic carbocycles. The van der Waals surface area contributed by atoms with E-state index in [1.165, 1.54) is 4.57 Å². The minimum Gasteiger partial charge on any atom is -0.494 e. The summed E-state index contributed by atoms with van der Waals surface area (Å²) >= 11 is 5.71. The summed E-state index contributed by atoms with van der Waals surface area (Å²) in [5, 5.41) is 13.9. The van der Waals surface area contributed by atoms with E-state index < -0.39 is 11.7 Å². The van der Waals surface area contributed by atoms with Gasteiger partial charge in [-0.25, -0.2) is 4.98 Å². The lowest BCUT2D eigenvalue weighted by Crippen LogP contribution is -2.09. The predicted octanol–water partition coefficient (Wildman–Crippen LogP) is 4.69. The molecule has 0 amide bonds. The van der Waals surface area contributed by atoms with Crippen molar-refractivity contribution in [2.45, 2.75) is 6.18 Å². The van der Waals surface area contributed by atoms with Crippen molar-refractivity contribution in [1.82, 2.24) is 9.55 Å². The average Bonchev–Trinajstić information content (AvgIpc) is 2.74. The third-order valence-electron chi connectivity index (χ3n) is 3.43. The molecule has 0 unspecified atom stereocenters. The van der Waals surface area contributed by atoms with Crippen molar-refractivity contribution in [3.8, 4) is 5.88 Å². The van der Waals surface area contributed by atoms with Gasteiger partial charge in [-0.15, -0.1) is 0 Å². The second kappa shape index (κ2) is 5.34. The lowest BCUT2D eigenvalue weighted by atomic mass is 10.1. The molecule has 0 fully saturated rings. The van der Waals surface area contributed by atoms with Gasteiger partial charge in [-0.1, -0.05) is 23.7 Å². The van der Waals surface area contributed by atoms with E-state index in [0.717, 1.165) is 6.07 Å². The molecule has 0 bridgehead atoms. The van der Waals surface area contributed by atoms with Crippen molar-refractivity contribution in [2.75, 3.05) is 5.32 Å². The second-order valence-corrected chi connectivity index (χ2v) is 5.40. The Morgan fingerprint density at radius 1 is 1.26 bits per heavy atom. The van der Waals surface area contributed by atoms with Crippen LogP contribution in [0.1, 0.15) is 5.56 Å². The molecule has 0 aliphatic heterocycles. The van der Waals surface area contributed by atoms with Gasteiger partial charge in [0.1, 0.15) is 5.15 Å². The second-order valence-electron chi connectivity index (χ2n) is 5.01. The van der Waals surface area contributed by atoms with Gasteiger partial charge in [0.2, 0.25) is 5.88 Å². The molecule has 23 heavy (non-hydrogen) atoms. The summed E-state index contributed by atoms with van der Waals surface area (Å²) in [7, 11) is 1.64. The van der Waals surface area contributed by atoms with Crippen LogP contribution >= 0.6 is 11.6 Å². The number of aryl methyl sites for hydroxylation is 1. The average molecular weight is 342 g/mol. The fraction of sp³-hybridized carbons (Fsp3) is 0.133. The standard InChI is InChI=1S/C15H11ClF3N3O/c1-22-7-8-3-2-4-10(13(8)14(22)23)21-11-5-12(16)20-6-9(11)15(17,18)19/h2-7,23H,1H3,(H,20,21). The maximum Gasteiger partial charge on any atom is 0.419 e. The van der Waals surface area contributed by atoms with E-state index in [-0.39, 0.29) is 16.7 Å². The first-order chi connectivity index (χ1) is 10.8. The van der Waals surface area contributed by atoms with E-state index in [1.54, 1.807) is 31.4 Å². The first-order valence-electron chi connectivity index (χ1n) is 6.54. The fourth-order valence-electron chi connectivity index (χ4n) is 2.38. The summed E-state index contributed by atoms with van der Waals surface area (Å²) in [6, 6.07) is 6.12. The minimum absolute atomic E-state index is 0.0446. The number of halogens is 4. The van der Waals surface area contributed by atoms with Crippen LogP contribution in [0, 0.1) is 0 Å². The van der Waals surface area contributed by atoms with Gasteiger partial charge in [-0.2, -0.15) is 13.2 Å². The molecule has 3 rings (SSSR count). The molecule has 2 heterocycles. The molecule has 4 nitrogen and oxygen atoms in total. The van der Waals surface area contributed by atoms with Crippen molar-refractivity contribution in [1.29, 1.82) is 0 Å². The number of hydrogen-bond acceptors (Lipinski definition) is 3.